The van der Waals surface area contributed by atoms with Crippen LogP contribution in [0.15, 0.2) is 60.9 Å². The second-order valence-corrected chi connectivity index (χ2v) is 6.23. The Balaban J connectivity index is 1.74. The first-order chi connectivity index (χ1) is 12.7. The van der Waals surface area contributed by atoms with Crippen LogP contribution in [-0.4, -0.2) is 27.0 Å². The van der Waals surface area contributed by atoms with Crippen LogP contribution in [0.4, 0.5) is 0 Å². The lowest BCUT2D eigenvalue weighted by Gasteiger charge is -2.10. The third kappa shape index (κ3) is 2.88. The van der Waals surface area contributed by atoms with Crippen molar-refractivity contribution in [2.45, 2.75) is 13.5 Å². The van der Waals surface area contributed by atoms with Crippen molar-refractivity contribution in [2.24, 2.45) is 0 Å². The molecule has 26 heavy (non-hydrogen) atoms. The normalized spacial score (nSPS) is 11.0. The van der Waals surface area contributed by atoms with Crippen LogP contribution in [0.25, 0.3) is 22.2 Å². The summed E-state index contributed by atoms with van der Waals surface area (Å²) in [5, 5.41) is 15.6. The van der Waals surface area contributed by atoms with E-state index in [4.69, 9.17) is 9.72 Å². The van der Waals surface area contributed by atoms with Gasteiger partial charge in [-0.05, 0) is 24.6 Å². The quantitative estimate of drug-likeness (QED) is 0.603. The molecule has 0 atom stereocenters. The van der Waals surface area contributed by atoms with E-state index in [1.807, 2.05) is 48.1 Å². The number of nitrogens with zero attached hydrogens (tertiary/aromatic N) is 3. The number of rotatable bonds is 4. The zero-order chi connectivity index (χ0) is 18.1. The number of methoxy groups -OCH3 is 1. The topological polar surface area (TPSA) is 60.2 Å². The molecular weight excluding hydrogens is 326 g/mol. The molecule has 0 saturated carbocycles. The third-order valence-electron chi connectivity index (χ3n) is 4.50. The van der Waals surface area contributed by atoms with Crippen LogP contribution in [0.3, 0.4) is 0 Å². The summed E-state index contributed by atoms with van der Waals surface area (Å²) in [6, 6.07) is 15.5. The SMILES string of the molecule is COc1ccc2c(O)cc(-c3cnn(Cc4ccccc4)c3)nc2c1C. The van der Waals surface area contributed by atoms with Crippen molar-refractivity contribution in [3.63, 3.8) is 0 Å². The van der Waals surface area contributed by atoms with Crippen molar-refractivity contribution in [3.05, 3.63) is 72.1 Å². The van der Waals surface area contributed by atoms with Gasteiger partial charge in [0.2, 0.25) is 0 Å². The number of hydrogen-bond acceptors (Lipinski definition) is 4. The van der Waals surface area contributed by atoms with Gasteiger partial charge in [0, 0.05) is 28.8 Å². The first-order valence-corrected chi connectivity index (χ1v) is 8.40. The van der Waals surface area contributed by atoms with Gasteiger partial charge in [-0.15, -0.1) is 0 Å². The van der Waals surface area contributed by atoms with E-state index < -0.39 is 0 Å². The molecule has 2 aromatic heterocycles. The van der Waals surface area contributed by atoms with Crippen molar-refractivity contribution in [1.29, 1.82) is 0 Å². The molecule has 130 valence electrons. The van der Waals surface area contributed by atoms with Crippen molar-refractivity contribution in [2.75, 3.05) is 7.11 Å². The lowest BCUT2D eigenvalue weighted by molar-refractivity contribution is 0.412. The molecule has 0 saturated heterocycles. The van der Waals surface area contributed by atoms with E-state index in [2.05, 4.69) is 17.2 Å². The lowest BCUT2D eigenvalue weighted by atomic mass is 10.1. The number of aryl methyl sites for hydroxylation is 1. The summed E-state index contributed by atoms with van der Waals surface area (Å²) >= 11 is 0. The highest BCUT2D eigenvalue weighted by atomic mass is 16.5. The Morgan fingerprint density at radius 2 is 1.92 bits per heavy atom. The molecule has 5 nitrogen and oxygen atoms in total. The van der Waals surface area contributed by atoms with Crippen molar-refractivity contribution in [1.82, 2.24) is 14.8 Å². The molecule has 2 heterocycles. The Kier molecular flexibility index (Phi) is 4.05. The molecule has 2 aromatic carbocycles. The average Bonchev–Trinajstić information content (AvgIpc) is 3.12. The highest BCUT2D eigenvalue weighted by Crippen LogP contribution is 2.34. The van der Waals surface area contributed by atoms with Crippen LogP contribution >= 0.6 is 0 Å². The first kappa shape index (κ1) is 16.1. The van der Waals surface area contributed by atoms with E-state index in [1.165, 1.54) is 5.56 Å². The van der Waals surface area contributed by atoms with Crippen LogP contribution in [0.2, 0.25) is 0 Å². The van der Waals surface area contributed by atoms with Gasteiger partial charge >= 0.3 is 0 Å². The highest BCUT2D eigenvalue weighted by molar-refractivity contribution is 5.91. The van der Waals surface area contributed by atoms with E-state index >= 15 is 0 Å². The van der Waals surface area contributed by atoms with E-state index in [0.717, 1.165) is 22.4 Å². The van der Waals surface area contributed by atoms with Crippen LogP contribution in [0.5, 0.6) is 11.5 Å². The summed E-state index contributed by atoms with van der Waals surface area (Å²) in [6.07, 6.45) is 3.71. The predicted molar refractivity (Wildman–Crippen MR) is 101 cm³/mol. The molecular formula is C21H19N3O2. The number of aromatic nitrogens is 3. The second kappa shape index (κ2) is 6.52. The molecule has 0 spiro atoms. The molecule has 4 rings (SSSR count). The van der Waals surface area contributed by atoms with Gasteiger partial charge in [-0.25, -0.2) is 4.98 Å². The van der Waals surface area contributed by atoms with Crippen LogP contribution in [-0.2, 0) is 6.54 Å². The van der Waals surface area contributed by atoms with E-state index in [-0.39, 0.29) is 5.75 Å². The van der Waals surface area contributed by atoms with E-state index in [0.29, 0.717) is 17.6 Å². The lowest BCUT2D eigenvalue weighted by Crippen LogP contribution is -1.99. The van der Waals surface area contributed by atoms with Gasteiger partial charge in [-0.3, -0.25) is 4.68 Å². The van der Waals surface area contributed by atoms with Crippen molar-refractivity contribution < 1.29 is 9.84 Å². The summed E-state index contributed by atoms with van der Waals surface area (Å²) in [5.74, 6) is 0.952. The van der Waals surface area contributed by atoms with E-state index in [9.17, 15) is 5.11 Å². The standard InChI is InChI=1S/C21H19N3O2/c1-14-20(26-2)9-8-17-19(25)10-18(23-21(14)17)16-11-22-24(13-16)12-15-6-4-3-5-7-15/h3-11,13H,12H2,1-2H3,(H,23,25). The van der Waals surface area contributed by atoms with Gasteiger partial charge < -0.3 is 9.84 Å². The monoisotopic (exact) mass is 345 g/mol. The molecule has 0 aliphatic rings. The maximum atomic E-state index is 10.4. The number of pyridine rings is 1. The number of aromatic hydroxyl groups is 1. The summed E-state index contributed by atoms with van der Waals surface area (Å²) in [4.78, 5) is 4.74. The first-order valence-electron chi connectivity index (χ1n) is 8.40. The Morgan fingerprint density at radius 1 is 1.12 bits per heavy atom. The fourth-order valence-corrected chi connectivity index (χ4v) is 3.11. The van der Waals surface area contributed by atoms with Gasteiger partial charge in [0.05, 0.1) is 31.1 Å². The molecule has 0 aliphatic heterocycles. The predicted octanol–water partition coefficient (Wildman–Crippen LogP) is 4.17. The minimum Gasteiger partial charge on any atom is -0.507 e. The average molecular weight is 345 g/mol. The molecule has 0 unspecified atom stereocenters. The van der Waals surface area contributed by atoms with Gasteiger partial charge in [-0.2, -0.15) is 5.10 Å². The third-order valence-corrected chi connectivity index (χ3v) is 4.50. The number of fused-ring (bicyclic) bond motifs is 1. The molecule has 0 aliphatic carbocycles. The second-order valence-electron chi connectivity index (χ2n) is 6.23. The highest BCUT2D eigenvalue weighted by Gasteiger charge is 2.13. The minimum absolute atomic E-state index is 0.201. The Hall–Kier alpha value is -3.34. The molecule has 4 aromatic rings. The minimum atomic E-state index is 0.201. The molecule has 1 N–H and O–H groups in total. The summed E-state index contributed by atoms with van der Waals surface area (Å²) < 4.78 is 7.24. The smallest absolute Gasteiger partial charge is 0.127 e. The van der Waals surface area contributed by atoms with Crippen LogP contribution < -0.4 is 4.74 Å². The Labute approximate surface area is 151 Å². The largest absolute Gasteiger partial charge is 0.507 e. The maximum Gasteiger partial charge on any atom is 0.127 e. The van der Waals surface area contributed by atoms with Gasteiger partial charge in [0.25, 0.3) is 0 Å². The van der Waals surface area contributed by atoms with Gasteiger partial charge in [0.15, 0.2) is 0 Å². The van der Waals surface area contributed by atoms with Gasteiger partial charge in [0.1, 0.15) is 11.5 Å². The summed E-state index contributed by atoms with van der Waals surface area (Å²) in [7, 11) is 1.63. The zero-order valence-corrected chi connectivity index (χ0v) is 14.7. The van der Waals surface area contributed by atoms with Crippen LogP contribution in [0, 0.1) is 6.92 Å². The number of hydrogen-bond donors (Lipinski definition) is 1. The fraction of sp³-hybridized carbons (Fsp3) is 0.143. The maximum absolute atomic E-state index is 10.4. The molecule has 0 amide bonds. The molecule has 5 heteroatoms. The fourth-order valence-electron chi connectivity index (χ4n) is 3.11. The van der Waals surface area contributed by atoms with Crippen molar-refractivity contribution in [3.8, 4) is 22.8 Å². The number of benzene rings is 2. The Morgan fingerprint density at radius 3 is 2.69 bits per heavy atom. The van der Waals surface area contributed by atoms with Crippen molar-refractivity contribution >= 4 is 10.9 Å². The molecule has 0 bridgehead atoms. The van der Waals surface area contributed by atoms with Crippen LogP contribution in [0.1, 0.15) is 11.1 Å². The number of ether oxygens (including phenoxy) is 1. The molecule has 0 radical (unpaired) electrons. The van der Waals surface area contributed by atoms with E-state index in [1.54, 1.807) is 19.4 Å². The van der Waals surface area contributed by atoms with Gasteiger partial charge in [-0.1, -0.05) is 30.3 Å². The Bertz CT molecular complexity index is 1070. The summed E-state index contributed by atoms with van der Waals surface area (Å²) in [6.45, 7) is 2.63. The molecule has 0 fully saturated rings. The zero-order valence-electron chi connectivity index (χ0n) is 14.7. The summed E-state index contributed by atoms with van der Waals surface area (Å²) in [5.41, 5.74) is 4.36.